The Kier molecular flexibility index (Phi) is 6.07. The minimum atomic E-state index is -0.235. The van der Waals surface area contributed by atoms with Gasteiger partial charge in [-0.2, -0.15) is 0 Å². The molecule has 0 unspecified atom stereocenters. The van der Waals surface area contributed by atoms with Crippen molar-refractivity contribution in [3.63, 3.8) is 0 Å². The lowest BCUT2D eigenvalue weighted by Crippen LogP contribution is -2.40. The predicted molar refractivity (Wildman–Crippen MR) is 89.6 cm³/mol. The molecule has 0 radical (unpaired) electrons. The highest BCUT2D eigenvalue weighted by Gasteiger charge is 2.22. The first-order valence-corrected chi connectivity index (χ1v) is 7.99. The minimum Gasteiger partial charge on any atom is -0.496 e. The van der Waals surface area contributed by atoms with E-state index in [-0.39, 0.29) is 6.10 Å². The van der Waals surface area contributed by atoms with E-state index >= 15 is 0 Å². The fraction of sp³-hybridized carbons (Fsp3) is 0.588. The highest BCUT2D eigenvalue weighted by Crippen LogP contribution is 2.20. The van der Waals surface area contributed by atoms with Crippen LogP contribution in [0.4, 0.5) is 0 Å². The smallest absolute Gasteiger partial charge is 0.194 e. The molecule has 0 aliphatic carbocycles. The average molecular weight is 305 g/mol. The van der Waals surface area contributed by atoms with Crippen LogP contribution in [0.5, 0.6) is 5.75 Å². The van der Waals surface area contributed by atoms with Crippen molar-refractivity contribution < 1.29 is 9.84 Å². The standard InChI is InChI=1S/C17H27N3O2/c1-4-18-17(20-10-8-15(21)12-20)19-9-7-14-11-13(2)5-6-16(14)22-3/h5-6,11,15,21H,4,7-10,12H2,1-3H3,(H,18,19)/t15-/m1/s1. The zero-order valence-corrected chi connectivity index (χ0v) is 13.8. The van der Waals surface area contributed by atoms with Crippen LogP contribution >= 0.6 is 0 Å². The summed E-state index contributed by atoms with van der Waals surface area (Å²) < 4.78 is 5.41. The minimum absolute atomic E-state index is 0.235. The molecular formula is C17H27N3O2. The van der Waals surface area contributed by atoms with Crippen LogP contribution in [0, 0.1) is 6.92 Å². The second-order valence-corrected chi connectivity index (χ2v) is 5.69. The molecule has 0 saturated carbocycles. The van der Waals surface area contributed by atoms with E-state index in [9.17, 15) is 5.11 Å². The van der Waals surface area contributed by atoms with Crippen molar-refractivity contribution in [2.45, 2.75) is 32.8 Å². The average Bonchev–Trinajstić information content (AvgIpc) is 2.93. The quantitative estimate of drug-likeness (QED) is 0.640. The lowest BCUT2D eigenvalue weighted by molar-refractivity contribution is 0.188. The van der Waals surface area contributed by atoms with Gasteiger partial charge in [0, 0.05) is 26.2 Å². The molecular weight excluding hydrogens is 278 g/mol. The van der Waals surface area contributed by atoms with Crippen LogP contribution in [0.15, 0.2) is 23.2 Å². The summed E-state index contributed by atoms with van der Waals surface area (Å²) in [6.45, 7) is 7.21. The number of benzene rings is 1. The summed E-state index contributed by atoms with van der Waals surface area (Å²) in [6.07, 6.45) is 1.42. The maximum absolute atomic E-state index is 9.68. The summed E-state index contributed by atoms with van der Waals surface area (Å²) in [5.41, 5.74) is 2.41. The number of aliphatic imine (C=N–C) groups is 1. The van der Waals surface area contributed by atoms with Crippen LogP contribution < -0.4 is 10.1 Å². The number of aliphatic hydroxyl groups is 1. The molecule has 5 nitrogen and oxygen atoms in total. The SMILES string of the molecule is CCNC(=NCCc1cc(C)ccc1OC)N1CC[C@@H](O)C1. The Bertz CT molecular complexity index is 517. The first-order valence-electron chi connectivity index (χ1n) is 7.99. The number of hydrogen-bond acceptors (Lipinski definition) is 3. The Labute approximate surface area is 133 Å². The van der Waals surface area contributed by atoms with Gasteiger partial charge in [0.05, 0.1) is 13.2 Å². The maximum Gasteiger partial charge on any atom is 0.194 e. The first kappa shape index (κ1) is 16.6. The van der Waals surface area contributed by atoms with Crippen LogP contribution in [0.1, 0.15) is 24.5 Å². The molecule has 0 bridgehead atoms. The van der Waals surface area contributed by atoms with Gasteiger partial charge in [-0.05, 0) is 38.3 Å². The summed E-state index contributed by atoms with van der Waals surface area (Å²) in [5.74, 6) is 1.81. The fourth-order valence-electron chi connectivity index (χ4n) is 2.75. The number of aryl methyl sites for hydroxylation is 1. The highest BCUT2D eigenvalue weighted by molar-refractivity contribution is 5.80. The van der Waals surface area contributed by atoms with Gasteiger partial charge in [-0.25, -0.2) is 0 Å². The first-order chi connectivity index (χ1) is 10.6. The van der Waals surface area contributed by atoms with Gasteiger partial charge in [-0.1, -0.05) is 17.7 Å². The molecule has 5 heteroatoms. The van der Waals surface area contributed by atoms with Crippen molar-refractivity contribution in [3.8, 4) is 5.75 Å². The summed E-state index contributed by atoms with van der Waals surface area (Å²) >= 11 is 0. The van der Waals surface area contributed by atoms with E-state index in [1.54, 1.807) is 7.11 Å². The second kappa shape index (κ2) is 8.03. The van der Waals surface area contributed by atoms with Crippen molar-refractivity contribution >= 4 is 5.96 Å². The zero-order chi connectivity index (χ0) is 15.9. The Morgan fingerprint density at radius 3 is 2.95 bits per heavy atom. The van der Waals surface area contributed by atoms with Crippen LogP contribution in [-0.4, -0.2) is 55.4 Å². The summed E-state index contributed by atoms with van der Waals surface area (Å²) in [6, 6.07) is 6.22. The molecule has 1 heterocycles. The van der Waals surface area contributed by atoms with Crippen molar-refractivity contribution in [1.29, 1.82) is 0 Å². The van der Waals surface area contributed by atoms with Crippen LogP contribution in [-0.2, 0) is 6.42 Å². The Morgan fingerprint density at radius 1 is 1.50 bits per heavy atom. The highest BCUT2D eigenvalue weighted by atomic mass is 16.5. The van der Waals surface area contributed by atoms with E-state index in [2.05, 4.69) is 36.2 Å². The molecule has 2 N–H and O–H groups in total. The molecule has 0 amide bonds. The molecule has 1 aliphatic rings. The third-order valence-electron chi connectivity index (χ3n) is 3.88. The predicted octanol–water partition coefficient (Wildman–Crippen LogP) is 1.58. The van der Waals surface area contributed by atoms with Gasteiger partial charge in [0.2, 0.25) is 0 Å². The van der Waals surface area contributed by atoms with Gasteiger partial charge >= 0.3 is 0 Å². The normalized spacial score (nSPS) is 18.6. The van der Waals surface area contributed by atoms with Crippen molar-refractivity contribution in [1.82, 2.24) is 10.2 Å². The topological polar surface area (TPSA) is 57.1 Å². The molecule has 1 saturated heterocycles. The molecule has 0 aromatic heterocycles. The number of nitrogens with one attached hydrogen (secondary N) is 1. The van der Waals surface area contributed by atoms with Gasteiger partial charge < -0.3 is 20.1 Å². The summed E-state index contributed by atoms with van der Waals surface area (Å²) in [5, 5.41) is 13.0. The lowest BCUT2D eigenvalue weighted by atomic mass is 10.1. The van der Waals surface area contributed by atoms with E-state index < -0.39 is 0 Å². The van der Waals surface area contributed by atoms with E-state index in [4.69, 9.17) is 9.73 Å². The van der Waals surface area contributed by atoms with Gasteiger partial charge in [0.25, 0.3) is 0 Å². The van der Waals surface area contributed by atoms with Crippen molar-refractivity contribution in [3.05, 3.63) is 29.3 Å². The lowest BCUT2D eigenvalue weighted by Gasteiger charge is -2.21. The van der Waals surface area contributed by atoms with E-state index in [0.717, 1.165) is 37.6 Å². The summed E-state index contributed by atoms with van der Waals surface area (Å²) in [7, 11) is 1.70. The second-order valence-electron chi connectivity index (χ2n) is 5.69. The number of ether oxygens (including phenoxy) is 1. The Morgan fingerprint density at radius 2 is 2.32 bits per heavy atom. The van der Waals surface area contributed by atoms with Gasteiger partial charge in [-0.15, -0.1) is 0 Å². The fourth-order valence-corrected chi connectivity index (χ4v) is 2.75. The monoisotopic (exact) mass is 305 g/mol. The Balaban J connectivity index is 2.00. The molecule has 22 heavy (non-hydrogen) atoms. The molecule has 0 spiro atoms. The third-order valence-corrected chi connectivity index (χ3v) is 3.88. The number of β-amino-alcohol motifs (C(OH)–C–C–N with tert-alkyl or cyclic N) is 1. The molecule has 1 aromatic carbocycles. The number of methoxy groups -OCH3 is 1. The largest absolute Gasteiger partial charge is 0.496 e. The molecule has 1 aliphatic heterocycles. The maximum atomic E-state index is 9.68. The van der Waals surface area contributed by atoms with Gasteiger partial charge in [0.1, 0.15) is 5.75 Å². The van der Waals surface area contributed by atoms with Crippen molar-refractivity contribution in [2.24, 2.45) is 4.99 Å². The van der Waals surface area contributed by atoms with Gasteiger partial charge in [-0.3, -0.25) is 4.99 Å². The Hall–Kier alpha value is -1.75. The number of guanidine groups is 1. The number of rotatable bonds is 5. The molecule has 1 fully saturated rings. The van der Waals surface area contributed by atoms with E-state index in [1.807, 2.05) is 6.07 Å². The molecule has 1 atom stereocenters. The zero-order valence-electron chi connectivity index (χ0n) is 13.8. The van der Waals surface area contributed by atoms with E-state index in [1.165, 1.54) is 11.1 Å². The molecule has 2 rings (SSSR count). The van der Waals surface area contributed by atoms with Crippen LogP contribution in [0.25, 0.3) is 0 Å². The number of nitrogens with zero attached hydrogens (tertiary/aromatic N) is 2. The number of aliphatic hydroxyl groups excluding tert-OH is 1. The van der Waals surface area contributed by atoms with Crippen molar-refractivity contribution in [2.75, 3.05) is 33.3 Å². The number of likely N-dealkylation sites (tertiary alicyclic amines) is 1. The molecule has 122 valence electrons. The van der Waals surface area contributed by atoms with E-state index in [0.29, 0.717) is 13.1 Å². The van der Waals surface area contributed by atoms with Gasteiger partial charge in [0.15, 0.2) is 5.96 Å². The summed E-state index contributed by atoms with van der Waals surface area (Å²) in [4.78, 5) is 6.82. The molecule has 1 aromatic rings. The van der Waals surface area contributed by atoms with Crippen LogP contribution in [0.2, 0.25) is 0 Å². The van der Waals surface area contributed by atoms with Crippen LogP contribution in [0.3, 0.4) is 0 Å². The number of hydrogen-bond donors (Lipinski definition) is 2. The third kappa shape index (κ3) is 4.37.